The Kier molecular flexibility index (Phi) is 3.70. The van der Waals surface area contributed by atoms with Crippen LogP contribution in [0.25, 0.3) is 22.4 Å². The molecule has 0 atom stereocenters. The minimum absolute atomic E-state index is 0.282. The number of aromatic amines is 1. The Labute approximate surface area is 128 Å². The minimum Gasteiger partial charge on any atom is -0.408 e. The molecule has 2 heterocycles. The first kappa shape index (κ1) is 14.0. The van der Waals surface area contributed by atoms with Gasteiger partial charge in [-0.15, -0.1) is 0 Å². The Bertz CT molecular complexity index is 810. The zero-order valence-corrected chi connectivity index (χ0v) is 12.3. The van der Waals surface area contributed by atoms with Crippen molar-refractivity contribution >= 4 is 5.97 Å². The Morgan fingerprint density at radius 1 is 1.14 bits per heavy atom. The predicted octanol–water partition coefficient (Wildman–Crippen LogP) is 3.37. The van der Waals surface area contributed by atoms with Crippen molar-refractivity contribution in [2.45, 2.75) is 13.8 Å². The van der Waals surface area contributed by atoms with Crippen molar-refractivity contribution in [2.75, 3.05) is 0 Å². The van der Waals surface area contributed by atoms with E-state index >= 15 is 0 Å². The molecule has 0 aliphatic rings. The standard InChI is InChI=1S/C17H15N3O2/c1-11-16(14-8-9-18-15(10-14)22-12(2)21)17(20-19-11)13-6-4-3-5-7-13/h3-10H,1-2H3,(H,19,20). The van der Waals surface area contributed by atoms with Crippen LogP contribution in [0.4, 0.5) is 0 Å². The highest BCUT2D eigenvalue weighted by Gasteiger charge is 2.15. The molecule has 0 saturated heterocycles. The van der Waals surface area contributed by atoms with Gasteiger partial charge < -0.3 is 4.74 Å². The zero-order valence-electron chi connectivity index (χ0n) is 12.3. The lowest BCUT2D eigenvalue weighted by atomic mass is 10.0. The Balaban J connectivity index is 2.09. The first-order valence-electron chi connectivity index (χ1n) is 6.90. The van der Waals surface area contributed by atoms with Gasteiger partial charge in [0, 0.05) is 36.0 Å². The summed E-state index contributed by atoms with van der Waals surface area (Å²) < 4.78 is 5.06. The molecule has 0 bridgehead atoms. The summed E-state index contributed by atoms with van der Waals surface area (Å²) in [7, 11) is 0. The quantitative estimate of drug-likeness (QED) is 0.752. The predicted molar refractivity (Wildman–Crippen MR) is 83.3 cm³/mol. The zero-order chi connectivity index (χ0) is 15.5. The number of H-pyrrole nitrogens is 1. The Morgan fingerprint density at radius 3 is 2.64 bits per heavy atom. The van der Waals surface area contributed by atoms with Gasteiger partial charge in [0.25, 0.3) is 0 Å². The van der Waals surface area contributed by atoms with Crippen LogP contribution in [-0.4, -0.2) is 21.2 Å². The summed E-state index contributed by atoms with van der Waals surface area (Å²) in [6.07, 6.45) is 1.62. The lowest BCUT2D eigenvalue weighted by Crippen LogP contribution is -2.02. The highest BCUT2D eigenvalue weighted by molar-refractivity contribution is 5.83. The first-order chi connectivity index (χ1) is 10.6. The van der Waals surface area contributed by atoms with E-state index in [2.05, 4.69) is 15.2 Å². The van der Waals surface area contributed by atoms with E-state index in [1.807, 2.05) is 43.3 Å². The second kappa shape index (κ2) is 5.81. The number of nitrogens with one attached hydrogen (secondary N) is 1. The molecule has 3 rings (SSSR count). The second-order valence-electron chi connectivity index (χ2n) is 4.91. The van der Waals surface area contributed by atoms with Gasteiger partial charge in [-0.3, -0.25) is 9.89 Å². The summed E-state index contributed by atoms with van der Waals surface area (Å²) in [6.45, 7) is 3.31. The molecule has 1 N–H and O–H groups in total. The number of benzene rings is 1. The number of rotatable bonds is 3. The van der Waals surface area contributed by atoms with Crippen LogP contribution in [0.1, 0.15) is 12.6 Å². The molecule has 3 aromatic rings. The lowest BCUT2D eigenvalue weighted by molar-refractivity contribution is -0.132. The van der Waals surface area contributed by atoms with E-state index in [1.54, 1.807) is 12.3 Å². The van der Waals surface area contributed by atoms with Crippen molar-refractivity contribution in [3.8, 4) is 28.3 Å². The van der Waals surface area contributed by atoms with Crippen molar-refractivity contribution < 1.29 is 9.53 Å². The highest BCUT2D eigenvalue weighted by atomic mass is 16.5. The van der Waals surface area contributed by atoms with Gasteiger partial charge in [0.15, 0.2) is 0 Å². The van der Waals surface area contributed by atoms with Crippen molar-refractivity contribution in [1.82, 2.24) is 15.2 Å². The van der Waals surface area contributed by atoms with Gasteiger partial charge in [-0.05, 0) is 18.6 Å². The van der Waals surface area contributed by atoms with Crippen LogP contribution in [-0.2, 0) is 4.79 Å². The van der Waals surface area contributed by atoms with Crippen LogP contribution in [0.3, 0.4) is 0 Å². The monoisotopic (exact) mass is 293 g/mol. The van der Waals surface area contributed by atoms with E-state index in [9.17, 15) is 4.79 Å². The fraction of sp³-hybridized carbons (Fsp3) is 0.118. The molecule has 0 aliphatic carbocycles. The fourth-order valence-electron chi connectivity index (χ4n) is 2.36. The maximum absolute atomic E-state index is 11.1. The molecule has 0 unspecified atom stereocenters. The molecule has 0 radical (unpaired) electrons. The van der Waals surface area contributed by atoms with Gasteiger partial charge >= 0.3 is 5.97 Å². The first-order valence-corrected chi connectivity index (χ1v) is 6.90. The van der Waals surface area contributed by atoms with Gasteiger partial charge in [-0.2, -0.15) is 5.10 Å². The molecule has 1 aromatic carbocycles. The number of ether oxygens (including phenoxy) is 1. The summed E-state index contributed by atoms with van der Waals surface area (Å²) in [5, 5.41) is 7.42. The summed E-state index contributed by atoms with van der Waals surface area (Å²) in [4.78, 5) is 15.1. The van der Waals surface area contributed by atoms with E-state index in [-0.39, 0.29) is 5.88 Å². The van der Waals surface area contributed by atoms with E-state index in [0.29, 0.717) is 0 Å². The molecule has 2 aromatic heterocycles. The second-order valence-corrected chi connectivity index (χ2v) is 4.91. The van der Waals surface area contributed by atoms with Gasteiger partial charge in [-0.25, -0.2) is 4.98 Å². The number of nitrogens with zero attached hydrogens (tertiary/aromatic N) is 2. The van der Waals surface area contributed by atoms with Crippen molar-refractivity contribution in [3.05, 3.63) is 54.4 Å². The fourth-order valence-corrected chi connectivity index (χ4v) is 2.36. The number of aryl methyl sites for hydroxylation is 1. The lowest BCUT2D eigenvalue weighted by Gasteiger charge is -2.06. The number of aromatic nitrogens is 3. The Hall–Kier alpha value is -2.95. The molecule has 22 heavy (non-hydrogen) atoms. The molecular formula is C17H15N3O2. The summed E-state index contributed by atoms with van der Waals surface area (Å²) in [6, 6.07) is 13.5. The molecule has 110 valence electrons. The van der Waals surface area contributed by atoms with Crippen molar-refractivity contribution in [3.63, 3.8) is 0 Å². The highest BCUT2D eigenvalue weighted by Crippen LogP contribution is 2.33. The molecule has 0 saturated carbocycles. The van der Waals surface area contributed by atoms with E-state index < -0.39 is 5.97 Å². The van der Waals surface area contributed by atoms with Crippen LogP contribution in [0.15, 0.2) is 48.7 Å². The summed E-state index contributed by atoms with van der Waals surface area (Å²) >= 11 is 0. The Morgan fingerprint density at radius 2 is 1.91 bits per heavy atom. The smallest absolute Gasteiger partial charge is 0.309 e. The van der Waals surface area contributed by atoms with Crippen LogP contribution < -0.4 is 4.74 Å². The van der Waals surface area contributed by atoms with E-state index in [1.165, 1.54) is 6.92 Å². The van der Waals surface area contributed by atoms with Gasteiger partial charge in [-0.1, -0.05) is 30.3 Å². The van der Waals surface area contributed by atoms with Crippen molar-refractivity contribution in [1.29, 1.82) is 0 Å². The number of carbonyl (C=O) groups excluding carboxylic acids is 1. The molecule has 5 nitrogen and oxygen atoms in total. The van der Waals surface area contributed by atoms with Crippen LogP contribution >= 0.6 is 0 Å². The molecule has 0 amide bonds. The SMILES string of the molecule is CC(=O)Oc1cc(-c2c(-c3ccccc3)n[nH]c2C)ccn1. The van der Waals surface area contributed by atoms with Gasteiger partial charge in [0.1, 0.15) is 5.69 Å². The summed E-state index contributed by atoms with van der Waals surface area (Å²) in [5.41, 5.74) is 4.70. The maximum atomic E-state index is 11.1. The number of hydrogen-bond acceptors (Lipinski definition) is 4. The van der Waals surface area contributed by atoms with Crippen LogP contribution in [0.2, 0.25) is 0 Å². The number of carbonyl (C=O) groups is 1. The molecule has 5 heteroatoms. The van der Waals surface area contributed by atoms with Gasteiger partial charge in [0.05, 0.1) is 0 Å². The molecule has 0 spiro atoms. The third kappa shape index (κ3) is 2.74. The van der Waals surface area contributed by atoms with Crippen LogP contribution in [0.5, 0.6) is 5.88 Å². The topological polar surface area (TPSA) is 67.9 Å². The van der Waals surface area contributed by atoms with E-state index in [4.69, 9.17) is 4.74 Å². The average molecular weight is 293 g/mol. The minimum atomic E-state index is -0.392. The third-order valence-electron chi connectivity index (χ3n) is 3.27. The van der Waals surface area contributed by atoms with Crippen LogP contribution in [0, 0.1) is 6.92 Å². The third-order valence-corrected chi connectivity index (χ3v) is 3.27. The molecule has 0 fully saturated rings. The maximum Gasteiger partial charge on any atom is 0.309 e. The number of pyridine rings is 1. The molecule has 0 aliphatic heterocycles. The average Bonchev–Trinajstić information content (AvgIpc) is 2.89. The largest absolute Gasteiger partial charge is 0.408 e. The van der Waals surface area contributed by atoms with E-state index in [0.717, 1.165) is 28.1 Å². The summed E-state index contributed by atoms with van der Waals surface area (Å²) in [5.74, 6) is -0.110. The van der Waals surface area contributed by atoms with Gasteiger partial charge in [0.2, 0.25) is 5.88 Å². The number of hydrogen-bond donors (Lipinski definition) is 1. The van der Waals surface area contributed by atoms with Crippen molar-refractivity contribution in [2.24, 2.45) is 0 Å². The normalized spacial score (nSPS) is 10.5. The molecular weight excluding hydrogens is 278 g/mol. The number of esters is 1.